The molecule has 1 aromatic rings. The van der Waals surface area contributed by atoms with Gasteiger partial charge in [0.15, 0.2) is 0 Å². The average molecular weight is 326 g/mol. The maximum absolute atomic E-state index is 12.6. The predicted molar refractivity (Wildman–Crippen MR) is 84.9 cm³/mol. The number of nitrogens with one attached hydrogen (secondary N) is 1. The van der Waals surface area contributed by atoms with Crippen LogP contribution in [0.4, 0.5) is 10.5 Å². The first kappa shape index (κ1) is 15.6. The second kappa shape index (κ2) is 5.73. The van der Waals surface area contributed by atoms with Gasteiger partial charge in [0.2, 0.25) is 0 Å². The molecule has 3 rings (SSSR count). The van der Waals surface area contributed by atoms with E-state index in [0.717, 1.165) is 4.90 Å². The maximum Gasteiger partial charge on any atom is 0.331 e. The van der Waals surface area contributed by atoms with Gasteiger partial charge in [0, 0.05) is 7.05 Å². The fraction of sp³-hybridized carbons (Fsp3) is 0.188. The third-order valence-corrected chi connectivity index (χ3v) is 3.82. The van der Waals surface area contributed by atoms with Gasteiger partial charge in [-0.1, -0.05) is 18.2 Å². The van der Waals surface area contributed by atoms with Gasteiger partial charge in [0.25, 0.3) is 17.7 Å². The number of anilines is 1. The minimum absolute atomic E-state index is 0.250. The monoisotopic (exact) mass is 326 g/mol. The summed E-state index contributed by atoms with van der Waals surface area (Å²) in [6.07, 6.45) is 1.25. The second-order valence-corrected chi connectivity index (χ2v) is 5.41. The van der Waals surface area contributed by atoms with Crippen LogP contribution < -0.4 is 10.3 Å². The molecule has 0 saturated carbocycles. The van der Waals surface area contributed by atoms with Crippen LogP contribution >= 0.6 is 0 Å². The van der Waals surface area contributed by atoms with Crippen molar-refractivity contribution in [2.75, 3.05) is 12.1 Å². The lowest BCUT2D eigenvalue weighted by atomic mass is 9.99. The summed E-state index contributed by atoms with van der Waals surface area (Å²) >= 11 is 0. The molecule has 1 aromatic carbocycles. The van der Waals surface area contributed by atoms with Crippen molar-refractivity contribution in [1.29, 1.82) is 0 Å². The van der Waals surface area contributed by atoms with E-state index < -0.39 is 23.8 Å². The van der Waals surface area contributed by atoms with Crippen LogP contribution in [0.25, 0.3) is 0 Å². The molecule has 0 spiro atoms. The Morgan fingerprint density at radius 1 is 1.12 bits per heavy atom. The first-order chi connectivity index (χ1) is 11.4. The summed E-state index contributed by atoms with van der Waals surface area (Å²) in [7, 11) is 1.26. The highest BCUT2D eigenvalue weighted by molar-refractivity contribution is 6.29. The molecule has 0 radical (unpaired) electrons. The number of likely N-dealkylation sites (N-methyl/N-ethyl adjacent to an activating group) is 1. The number of para-hydroxylation sites is 1. The number of hydrazone groups is 1. The molecule has 5 amide bonds. The molecule has 1 saturated heterocycles. The molecule has 0 aromatic heterocycles. The van der Waals surface area contributed by atoms with Crippen molar-refractivity contribution < 1.29 is 19.2 Å². The van der Waals surface area contributed by atoms with Crippen LogP contribution in [0.15, 0.2) is 47.1 Å². The number of hydrogen-bond donors (Lipinski definition) is 1. The van der Waals surface area contributed by atoms with Crippen molar-refractivity contribution in [2.45, 2.75) is 6.92 Å². The fourth-order valence-electron chi connectivity index (χ4n) is 2.46. The summed E-state index contributed by atoms with van der Waals surface area (Å²) in [5.41, 5.74) is 0.797. The number of carbonyl (C=O) groups is 4. The minimum Gasteiger partial charge on any atom is -0.273 e. The number of barbiturate groups is 1. The van der Waals surface area contributed by atoms with E-state index in [4.69, 9.17) is 0 Å². The number of rotatable bonds is 2. The van der Waals surface area contributed by atoms with E-state index in [9.17, 15) is 19.2 Å². The van der Waals surface area contributed by atoms with Crippen LogP contribution in [0.2, 0.25) is 0 Å². The van der Waals surface area contributed by atoms with Gasteiger partial charge in [-0.3, -0.25) is 24.6 Å². The lowest BCUT2D eigenvalue weighted by Gasteiger charge is -2.23. The molecule has 8 nitrogen and oxygen atoms in total. The highest BCUT2D eigenvalue weighted by Crippen LogP contribution is 2.25. The Balaban J connectivity index is 1.92. The van der Waals surface area contributed by atoms with Crippen LogP contribution in [-0.4, -0.2) is 41.4 Å². The van der Waals surface area contributed by atoms with Crippen LogP contribution in [0.3, 0.4) is 0 Å². The summed E-state index contributed by atoms with van der Waals surface area (Å²) in [6.45, 7) is 1.64. The Hall–Kier alpha value is -3.29. The molecule has 8 heteroatoms. The van der Waals surface area contributed by atoms with Crippen molar-refractivity contribution >= 4 is 35.2 Å². The topological polar surface area (TPSA) is 99.2 Å². The van der Waals surface area contributed by atoms with E-state index in [1.807, 2.05) is 6.07 Å². The Labute approximate surface area is 137 Å². The molecule has 2 aliphatic rings. The molecular weight excluding hydrogens is 312 g/mol. The lowest BCUT2D eigenvalue weighted by molar-refractivity contribution is -0.129. The van der Waals surface area contributed by atoms with E-state index >= 15 is 0 Å². The fourth-order valence-corrected chi connectivity index (χ4v) is 2.46. The van der Waals surface area contributed by atoms with E-state index in [1.54, 1.807) is 31.2 Å². The van der Waals surface area contributed by atoms with E-state index in [0.29, 0.717) is 11.4 Å². The zero-order chi connectivity index (χ0) is 17.4. The minimum atomic E-state index is -0.837. The molecular formula is C16H14N4O4. The molecule has 1 atom stereocenters. The third kappa shape index (κ3) is 2.47. The Kier molecular flexibility index (Phi) is 3.72. The van der Waals surface area contributed by atoms with Crippen molar-refractivity contribution in [1.82, 2.24) is 10.2 Å². The molecule has 0 aliphatic carbocycles. The summed E-state index contributed by atoms with van der Waals surface area (Å²) in [5, 5.41) is 7.49. The van der Waals surface area contributed by atoms with Gasteiger partial charge in [-0.2, -0.15) is 10.1 Å². The zero-order valence-electron chi connectivity index (χ0n) is 13.0. The highest BCUT2D eigenvalue weighted by atomic mass is 16.2. The Morgan fingerprint density at radius 3 is 2.46 bits per heavy atom. The second-order valence-electron chi connectivity index (χ2n) is 5.41. The molecule has 1 fully saturated rings. The average Bonchev–Trinajstić information content (AvgIpc) is 2.85. The first-order valence-corrected chi connectivity index (χ1v) is 7.19. The van der Waals surface area contributed by atoms with Crippen LogP contribution in [0.1, 0.15) is 6.92 Å². The van der Waals surface area contributed by atoms with Crippen LogP contribution in [0, 0.1) is 5.92 Å². The van der Waals surface area contributed by atoms with Gasteiger partial charge >= 0.3 is 6.03 Å². The van der Waals surface area contributed by atoms with Gasteiger partial charge in [-0.15, -0.1) is 0 Å². The van der Waals surface area contributed by atoms with Gasteiger partial charge in [-0.05, 0) is 25.1 Å². The first-order valence-electron chi connectivity index (χ1n) is 7.19. The summed E-state index contributed by atoms with van der Waals surface area (Å²) in [6, 6.07) is 8.04. The van der Waals surface area contributed by atoms with E-state index in [1.165, 1.54) is 18.1 Å². The van der Waals surface area contributed by atoms with Crippen molar-refractivity contribution in [3.05, 3.63) is 42.0 Å². The van der Waals surface area contributed by atoms with Crippen molar-refractivity contribution in [3.63, 3.8) is 0 Å². The molecule has 24 heavy (non-hydrogen) atoms. The lowest BCUT2D eigenvalue weighted by Crippen LogP contribution is -2.52. The molecule has 2 heterocycles. The standard InChI is InChI=1S/C16H14N4O4/c1-9-11(8-12-13(21)17-16(24)19(2)14(12)22)15(23)20(18-9)10-6-4-3-5-7-10/h3-8,11H,1-2H3,(H,17,21,24)/b12-8+/t11-/m0/s1. The summed E-state index contributed by atoms with van der Waals surface area (Å²) in [5.74, 6) is -2.77. The van der Waals surface area contributed by atoms with Gasteiger partial charge in [-0.25, -0.2) is 4.79 Å². The predicted octanol–water partition coefficient (Wildman–Crippen LogP) is 0.660. The Morgan fingerprint density at radius 2 is 1.79 bits per heavy atom. The Bertz CT molecular complexity index is 813. The van der Waals surface area contributed by atoms with Crippen LogP contribution in [-0.2, 0) is 14.4 Å². The number of amides is 5. The molecule has 122 valence electrons. The van der Waals surface area contributed by atoms with Gasteiger partial charge in [0.05, 0.1) is 17.3 Å². The summed E-state index contributed by atoms with van der Waals surface area (Å²) < 4.78 is 0. The number of carbonyl (C=O) groups excluding carboxylic acids is 4. The molecule has 2 aliphatic heterocycles. The number of imide groups is 2. The van der Waals surface area contributed by atoms with Crippen molar-refractivity contribution in [3.8, 4) is 0 Å². The molecule has 0 unspecified atom stereocenters. The number of nitrogens with zero attached hydrogens (tertiary/aromatic N) is 3. The normalized spacial score (nSPS) is 23.0. The number of hydrogen-bond acceptors (Lipinski definition) is 5. The molecule has 0 bridgehead atoms. The smallest absolute Gasteiger partial charge is 0.273 e. The molecule has 1 N–H and O–H groups in total. The SMILES string of the molecule is CC1=NN(c2ccccc2)C(=O)[C@H]1/C=C1\C(=O)NC(=O)N(C)C1=O. The largest absolute Gasteiger partial charge is 0.331 e. The van der Waals surface area contributed by atoms with E-state index in [-0.39, 0.29) is 11.5 Å². The van der Waals surface area contributed by atoms with Crippen molar-refractivity contribution in [2.24, 2.45) is 11.0 Å². The summed E-state index contributed by atoms with van der Waals surface area (Å²) in [4.78, 5) is 48.8. The van der Waals surface area contributed by atoms with Gasteiger partial charge in [0.1, 0.15) is 5.57 Å². The van der Waals surface area contributed by atoms with E-state index in [2.05, 4.69) is 10.4 Å². The maximum atomic E-state index is 12.6. The quantitative estimate of drug-likeness (QED) is 0.637. The third-order valence-electron chi connectivity index (χ3n) is 3.82. The highest BCUT2D eigenvalue weighted by Gasteiger charge is 2.38. The number of urea groups is 1. The van der Waals surface area contributed by atoms with Gasteiger partial charge < -0.3 is 0 Å². The van der Waals surface area contributed by atoms with Crippen LogP contribution in [0.5, 0.6) is 0 Å². The zero-order valence-corrected chi connectivity index (χ0v) is 13.0. The number of benzene rings is 1.